The molecule has 0 radical (unpaired) electrons. The van der Waals surface area contributed by atoms with E-state index in [4.69, 9.17) is 9.47 Å². The fourth-order valence-corrected chi connectivity index (χ4v) is 2.41. The summed E-state index contributed by atoms with van der Waals surface area (Å²) in [4.78, 5) is 8.36. The zero-order valence-corrected chi connectivity index (χ0v) is 11.8. The quantitative estimate of drug-likeness (QED) is 0.811. The van der Waals surface area contributed by atoms with Crippen LogP contribution in [0.4, 0.5) is 0 Å². The highest BCUT2D eigenvalue weighted by molar-refractivity contribution is 5.14. The lowest BCUT2D eigenvalue weighted by Crippen LogP contribution is -2.41. The van der Waals surface area contributed by atoms with Crippen LogP contribution >= 0.6 is 0 Å². The number of hydrogen-bond acceptors (Lipinski definition) is 5. The molecule has 0 amide bonds. The summed E-state index contributed by atoms with van der Waals surface area (Å²) < 4.78 is 10.9. The lowest BCUT2D eigenvalue weighted by molar-refractivity contribution is 0.0781. The molecule has 106 valence electrons. The molecule has 1 fully saturated rings. The lowest BCUT2D eigenvalue weighted by Gasteiger charge is -2.24. The first-order valence-corrected chi connectivity index (χ1v) is 7.03. The highest BCUT2D eigenvalue weighted by atomic mass is 16.5. The molecule has 1 aromatic rings. The Bertz CT molecular complexity index is 381. The molecule has 0 aromatic carbocycles. The van der Waals surface area contributed by atoms with E-state index in [1.807, 2.05) is 6.07 Å². The van der Waals surface area contributed by atoms with Gasteiger partial charge < -0.3 is 14.8 Å². The van der Waals surface area contributed by atoms with Crippen LogP contribution in [0.3, 0.4) is 0 Å². The number of rotatable bonds is 7. The molecule has 5 nitrogen and oxygen atoms in total. The predicted octanol–water partition coefficient (Wildman–Crippen LogP) is 1.57. The minimum absolute atomic E-state index is 0.299. The average Bonchev–Trinajstić information content (AvgIpc) is 2.97. The summed E-state index contributed by atoms with van der Waals surface area (Å²) in [5.74, 6) is 0.617. The number of ether oxygens (including phenoxy) is 2. The first-order valence-electron chi connectivity index (χ1n) is 7.03. The van der Waals surface area contributed by atoms with E-state index in [1.165, 1.54) is 0 Å². The zero-order valence-electron chi connectivity index (χ0n) is 11.8. The first kappa shape index (κ1) is 14.2. The van der Waals surface area contributed by atoms with Gasteiger partial charge in [-0.05, 0) is 25.8 Å². The fourth-order valence-electron chi connectivity index (χ4n) is 2.41. The van der Waals surface area contributed by atoms with Crippen LogP contribution in [-0.4, -0.2) is 42.4 Å². The molecule has 0 bridgehead atoms. The standard InChI is InChI=1S/C14H23N3O2/c1-3-6-15-12(13-5-4-7-19-13)8-11-9-14(18-2)17-10-16-11/h9-10,12-13,15H,3-8H2,1-2H3. The highest BCUT2D eigenvalue weighted by Gasteiger charge is 2.26. The van der Waals surface area contributed by atoms with Gasteiger partial charge in [0, 0.05) is 30.8 Å². The molecule has 5 heteroatoms. The molecule has 1 aliphatic rings. The smallest absolute Gasteiger partial charge is 0.216 e. The van der Waals surface area contributed by atoms with Crippen molar-refractivity contribution in [2.24, 2.45) is 0 Å². The number of aromatic nitrogens is 2. The maximum atomic E-state index is 5.80. The van der Waals surface area contributed by atoms with Crippen LogP contribution in [0.25, 0.3) is 0 Å². The van der Waals surface area contributed by atoms with Crippen molar-refractivity contribution < 1.29 is 9.47 Å². The van der Waals surface area contributed by atoms with Crippen molar-refractivity contribution in [1.82, 2.24) is 15.3 Å². The number of nitrogens with zero attached hydrogens (tertiary/aromatic N) is 2. The van der Waals surface area contributed by atoms with Gasteiger partial charge in [-0.15, -0.1) is 0 Å². The van der Waals surface area contributed by atoms with Crippen molar-refractivity contribution in [3.8, 4) is 5.88 Å². The Hall–Kier alpha value is -1.20. The Morgan fingerprint density at radius 2 is 2.42 bits per heavy atom. The molecule has 0 saturated carbocycles. The summed E-state index contributed by atoms with van der Waals surface area (Å²) in [6.07, 6.45) is 6.11. The third-order valence-corrected chi connectivity index (χ3v) is 3.41. The van der Waals surface area contributed by atoms with Gasteiger partial charge in [0.25, 0.3) is 0 Å². The van der Waals surface area contributed by atoms with E-state index in [2.05, 4.69) is 22.2 Å². The Balaban J connectivity index is 2.00. The number of nitrogens with one attached hydrogen (secondary N) is 1. The van der Waals surface area contributed by atoms with Gasteiger partial charge in [0.1, 0.15) is 6.33 Å². The van der Waals surface area contributed by atoms with E-state index in [0.717, 1.165) is 44.5 Å². The Morgan fingerprint density at radius 3 is 3.11 bits per heavy atom. The van der Waals surface area contributed by atoms with Crippen molar-refractivity contribution in [2.45, 2.75) is 44.8 Å². The van der Waals surface area contributed by atoms with Crippen molar-refractivity contribution in [3.05, 3.63) is 18.1 Å². The van der Waals surface area contributed by atoms with Crippen LogP contribution in [0.5, 0.6) is 5.88 Å². The number of hydrogen-bond donors (Lipinski definition) is 1. The summed E-state index contributed by atoms with van der Waals surface area (Å²) in [6.45, 7) is 4.06. The summed E-state index contributed by atoms with van der Waals surface area (Å²) >= 11 is 0. The van der Waals surface area contributed by atoms with Crippen LogP contribution in [0.1, 0.15) is 31.9 Å². The van der Waals surface area contributed by atoms with Gasteiger partial charge in [-0.25, -0.2) is 9.97 Å². The molecule has 2 rings (SSSR count). The molecule has 2 atom stereocenters. The molecule has 2 unspecified atom stereocenters. The molecule has 1 N–H and O–H groups in total. The lowest BCUT2D eigenvalue weighted by atomic mass is 10.0. The fraction of sp³-hybridized carbons (Fsp3) is 0.714. The molecule has 1 aromatic heterocycles. The van der Waals surface area contributed by atoms with Crippen LogP contribution < -0.4 is 10.1 Å². The van der Waals surface area contributed by atoms with Gasteiger partial charge in [0.15, 0.2) is 0 Å². The van der Waals surface area contributed by atoms with Crippen molar-refractivity contribution in [3.63, 3.8) is 0 Å². The molecule has 1 aliphatic heterocycles. The van der Waals surface area contributed by atoms with Crippen LogP contribution in [0, 0.1) is 0 Å². The molecular weight excluding hydrogens is 242 g/mol. The molecule has 2 heterocycles. The van der Waals surface area contributed by atoms with E-state index >= 15 is 0 Å². The zero-order chi connectivity index (χ0) is 13.5. The molecule has 0 spiro atoms. The topological polar surface area (TPSA) is 56.3 Å². The third-order valence-electron chi connectivity index (χ3n) is 3.41. The van der Waals surface area contributed by atoms with E-state index in [-0.39, 0.29) is 0 Å². The molecule has 0 aliphatic carbocycles. The normalized spacial score (nSPS) is 20.4. The summed E-state index contributed by atoms with van der Waals surface area (Å²) in [7, 11) is 1.62. The number of methoxy groups -OCH3 is 1. The van der Waals surface area contributed by atoms with Crippen LogP contribution in [0.2, 0.25) is 0 Å². The second kappa shape index (κ2) is 7.40. The molecule has 19 heavy (non-hydrogen) atoms. The summed E-state index contributed by atoms with van der Waals surface area (Å²) in [5.41, 5.74) is 0.996. The SMILES string of the molecule is CCCNC(Cc1cc(OC)ncn1)C1CCCO1. The van der Waals surface area contributed by atoms with Gasteiger partial charge in [-0.3, -0.25) is 0 Å². The van der Waals surface area contributed by atoms with Gasteiger partial charge >= 0.3 is 0 Å². The monoisotopic (exact) mass is 265 g/mol. The van der Waals surface area contributed by atoms with Gasteiger partial charge in [-0.1, -0.05) is 6.92 Å². The molecular formula is C14H23N3O2. The van der Waals surface area contributed by atoms with E-state index < -0.39 is 0 Å². The molecule has 1 saturated heterocycles. The minimum atomic E-state index is 0.299. The van der Waals surface area contributed by atoms with Gasteiger partial charge in [0.05, 0.1) is 13.2 Å². The van der Waals surface area contributed by atoms with Crippen LogP contribution in [0.15, 0.2) is 12.4 Å². The summed E-state index contributed by atoms with van der Waals surface area (Å²) in [5, 5.41) is 3.57. The first-order chi connectivity index (χ1) is 9.33. The van der Waals surface area contributed by atoms with Crippen molar-refractivity contribution in [1.29, 1.82) is 0 Å². The van der Waals surface area contributed by atoms with Gasteiger partial charge in [-0.2, -0.15) is 0 Å². The van der Waals surface area contributed by atoms with E-state index in [1.54, 1.807) is 13.4 Å². The second-order valence-corrected chi connectivity index (χ2v) is 4.87. The Labute approximate surface area is 114 Å². The average molecular weight is 265 g/mol. The van der Waals surface area contributed by atoms with Crippen LogP contribution in [-0.2, 0) is 11.2 Å². The third kappa shape index (κ3) is 4.14. The van der Waals surface area contributed by atoms with Crippen molar-refractivity contribution >= 4 is 0 Å². The van der Waals surface area contributed by atoms with E-state index in [9.17, 15) is 0 Å². The van der Waals surface area contributed by atoms with Crippen molar-refractivity contribution in [2.75, 3.05) is 20.3 Å². The maximum absolute atomic E-state index is 5.80. The van der Waals surface area contributed by atoms with E-state index in [0.29, 0.717) is 18.0 Å². The summed E-state index contributed by atoms with van der Waals surface area (Å²) in [6, 6.07) is 2.22. The van der Waals surface area contributed by atoms with Gasteiger partial charge in [0.2, 0.25) is 5.88 Å². The highest BCUT2D eigenvalue weighted by Crippen LogP contribution is 2.19. The largest absolute Gasteiger partial charge is 0.481 e. The predicted molar refractivity (Wildman–Crippen MR) is 73.3 cm³/mol. The maximum Gasteiger partial charge on any atom is 0.216 e. The second-order valence-electron chi connectivity index (χ2n) is 4.87. The minimum Gasteiger partial charge on any atom is -0.481 e. The Kier molecular flexibility index (Phi) is 5.54. The Morgan fingerprint density at radius 1 is 1.53 bits per heavy atom.